The Labute approximate surface area is 270 Å². The number of aryl methyl sites for hydroxylation is 2. The van der Waals surface area contributed by atoms with E-state index in [4.69, 9.17) is 30.1 Å². The van der Waals surface area contributed by atoms with Crippen molar-refractivity contribution in [3.63, 3.8) is 0 Å². The van der Waals surface area contributed by atoms with Gasteiger partial charge in [0.05, 0.1) is 18.1 Å². The monoisotopic (exact) mass is 638 g/mol. The zero-order valence-electron chi connectivity index (χ0n) is 27.8. The molecule has 7 heteroatoms. The van der Waals surface area contributed by atoms with Gasteiger partial charge in [-0.25, -0.2) is 0 Å². The Bertz CT molecular complexity index is 1440. The molecule has 3 aromatic rings. The first kappa shape index (κ1) is 34.4. The summed E-state index contributed by atoms with van der Waals surface area (Å²) in [6.45, 7) is 19.5. The highest BCUT2D eigenvalue weighted by Gasteiger charge is 2.43. The molecule has 2 unspecified atom stereocenters. The highest BCUT2D eigenvalue weighted by atomic mass is 35.5. The van der Waals surface area contributed by atoms with E-state index in [9.17, 15) is 4.79 Å². The van der Waals surface area contributed by atoms with Gasteiger partial charge in [-0.2, -0.15) is 0 Å². The number of hydrogen-bond donors (Lipinski definition) is 0. The molecule has 1 saturated heterocycles. The van der Waals surface area contributed by atoms with Gasteiger partial charge in [-0.15, -0.1) is 0 Å². The van der Waals surface area contributed by atoms with Crippen molar-refractivity contribution in [1.82, 2.24) is 0 Å². The molecule has 0 spiro atoms. The molecule has 0 amide bonds. The Kier molecular flexibility index (Phi) is 11.2. The van der Waals surface area contributed by atoms with E-state index in [0.717, 1.165) is 36.1 Å². The van der Waals surface area contributed by atoms with Gasteiger partial charge in [0, 0.05) is 11.4 Å². The Morgan fingerprint density at radius 1 is 1.05 bits per heavy atom. The summed E-state index contributed by atoms with van der Waals surface area (Å²) >= 11 is 6.19. The summed E-state index contributed by atoms with van der Waals surface area (Å²) in [5.74, 6) is 1.48. The van der Waals surface area contributed by atoms with E-state index in [1.165, 1.54) is 22.3 Å². The summed E-state index contributed by atoms with van der Waals surface area (Å²) < 4.78 is 24.4. The number of ether oxygens (including phenoxy) is 2. The number of carbonyl (C=O) groups is 1. The van der Waals surface area contributed by atoms with Crippen LogP contribution in [0.2, 0.25) is 5.02 Å². The number of carbonyl (C=O) groups excluding carboxylic acids is 1. The van der Waals surface area contributed by atoms with Crippen LogP contribution in [-0.4, -0.2) is 18.9 Å². The minimum absolute atomic E-state index is 0.0386. The maximum absolute atomic E-state index is 13.3. The number of hydrogen-bond acceptors (Lipinski definition) is 5. The fourth-order valence-corrected chi connectivity index (χ4v) is 6.80. The van der Waals surface area contributed by atoms with E-state index in [1.54, 1.807) is 0 Å². The summed E-state index contributed by atoms with van der Waals surface area (Å²) in [5, 5.41) is 0.708. The van der Waals surface area contributed by atoms with Crippen molar-refractivity contribution in [2.24, 2.45) is 10.8 Å². The van der Waals surface area contributed by atoms with Crippen LogP contribution in [0.3, 0.4) is 0 Å². The van der Waals surface area contributed by atoms with Crippen molar-refractivity contribution in [3.05, 3.63) is 93.0 Å². The van der Waals surface area contributed by atoms with Gasteiger partial charge in [-0.1, -0.05) is 70.5 Å². The molecule has 5 nitrogen and oxygen atoms in total. The van der Waals surface area contributed by atoms with Crippen LogP contribution in [-0.2, 0) is 20.3 Å². The lowest BCUT2D eigenvalue weighted by molar-refractivity contribution is -0.151. The molecule has 1 aliphatic heterocycles. The third-order valence-corrected chi connectivity index (χ3v) is 11.0. The Hall–Kier alpha value is -2.43. The van der Waals surface area contributed by atoms with Crippen LogP contribution in [0.4, 0.5) is 0 Å². The van der Waals surface area contributed by atoms with E-state index >= 15 is 0 Å². The minimum Gasteiger partial charge on any atom is -0.484 e. The highest BCUT2D eigenvalue weighted by molar-refractivity contribution is 7.47. The Morgan fingerprint density at radius 3 is 2.39 bits per heavy atom. The summed E-state index contributed by atoms with van der Waals surface area (Å²) in [6.07, 6.45) is 2.79. The zero-order chi connectivity index (χ0) is 32.2. The molecule has 1 aliphatic rings. The Balaban J connectivity index is 1.43. The van der Waals surface area contributed by atoms with Crippen LogP contribution in [0.25, 0.3) is 0 Å². The van der Waals surface area contributed by atoms with Gasteiger partial charge in [-0.3, -0.25) is 4.79 Å². The molecular weight excluding hydrogens is 591 g/mol. The molecule has 3 aromatic carbocycles. The lowest BCUT2D eigenvalue weighted by Gasteiger charge is -2.38. The number of benzene rings is 3. The van der Waals surface area contributed by atoms with Gasteiger partial charge in [0.2, 0.25) is 8.38 Å². The maximum atomic E-state index is 13.3. The molecule has 0 aromatic heterocycles. The molecule has 238 valence electrons. The molecule has 0 bridgehead atoms. The van der Waals surface area contributed by atoms with Crippen LogP contribution >= 0.6 is 20.0 Å². The van der Waals surface area contributed by atoms with E-state index in [-0.39, 0.29) is 23.4 Å². The zero-order valence-corrected chi connectivity index (χ0v) is 29.4. The first-order valence-electron chi connectivity index (χ1n) is 15.6. The second-order valence-electron chi connectivity index (χ2n) is 13.4. The molecule has 4 rings (SSSR count). The van der Waals surface area contributed by atoms with Crippen LogP contribution in [0.5, 0.6) is 11.5 Å². The van der Waals surface area contributed by atoms with Crippen molar-refractivity contribution >= 4 is 25.9 Å². The third-order valence-electron chi connectivity index (χ3n) is 9.45. The molecular formula is C37H48ClO5P. The van der Waals surface area contributed by atoms with Crippen LogP contribution in [0, 0.1) is 24.7 Å². The second-order valence-corrected chi connectivity index (χ2v) is 15.2. The van der Waals surface area contributed by atoms with Crippen LogP contribution in [0.15, 0.2) is 54.6 Å². The summed E-state index contributed by atoms with van der Waals surface area (Å²) in [7, 11) is -1.17. The molecule has 0 N–H and O–H groups in total. The lowest BCUT2D eigenvalue weighted by atomic mass is 9.66. The lowest BCUT2D eigenvalue weighted by Crippen LogP contribution is -2.42. The average molecular weight is 639 g/mol. The predicted molar refractivity (Wildman–Crippen MR) is 181 cm³/mol. The van der Waals surface area contributed by atoms with Crippen molar-refractivity contribution in [2.45, 2.75) is 93.6 Å². The molecule has 1 heterocycles. The fraction of sp³-hybridized carbons (Fsp3) is 0.486. The molecule has 0 saturated carbocycles. The van der Waals surface area contributed by atoms with E-state index in [2.05, 4.69) is 72.7 Å². The number of esters is 1. The molecule has 0 aliphatic carbocycles. The maximum Gasteiger partial charge on any atom is 0.317 e. The standard InChI is InChI=1S/C37H48ClO5P/c1-10-36(6,7)37(8,9)35(39)42-34-15-14-27(20-31(34)24(2)3)21-32-25(4)18-30(19-26(32)5)40-23-44-41-17-16-33(43-44)28-12-11-13-29(38)22-28/h11-15,18-20,22,24,33H,10,16-17,21,23H2,1-9H3. The quantitative estimate of drug-likeness (QED) is 0.119. The van der Waals surface area contributed by atoms with Gasteiger partial charge < -0.3 is 18.5 Å². The number of halogens is 1. The van der Waals surface area contributed by atoms with Crippen LogP contribution in [0.1, 0.15) is 107 Å². The highest BCUT2D eigenvalue weighted by Crippen LogP contribution is 2.49. The fourth-order valence-electron chi connectivity index (χ4n) is 5.33. The van der Waals surface area contributed by atoms with E-state index < -0.39 is 13.8 Å². The molecule has 1 fully saturated rings. The summed E-state index contributed by atoms with van der Waals surface area (Å²) in [5.41, 5.74) is 6.11. The van der Waals surface area contributed by atoms with Crippen molar-refractivity contribution < 1.29 is 23.3 Å². The predicted octanol–water partition coefficient (Wildman–Crippen LogP) is 10.9. The first-order valence-corrected chi connectivity index (χ1v) is 17.4. The van der Waals surface area contributed by atoms with Gasteiger partial charge in [0.1, 0.15) is 11.5 Å². The van der Waals surface area contributed by atoms with Crippen molar-refractivity contribution in [1.29, 1.82) is 0 Å². The smallest absolute Gasteiger partial charge is 0.317 e. The van der Waals surface area contributed by atoms with Gasteiger partial charge in [0.15, 0.2) is 6.35 Å². The van der Waals surface area contributed by atoms with E-state index in [1.807, 2.05) is 44.2 Å². The largest absolute Gasteiger partial charge is 0.484 e. The topological polar surface area (TPSA) is 54.0 Å². The van der Waals surface area contributed by atoms with Gasteiger partial charge in [-0.05, 0) is 116 Å². The summed E-state index contributed by atoms with van der Waals surface area (Å²) in [6, 6.07) is 18.2. The normalized spacial score (nSPS) is 17.5. The minimum atomic E-state index is -1.17. The van der Waals surface area contributed by atoms with Gasteiger partial charge in [0.25, 0.3) is 0 Å². The molecule has 0 radical (unpaired) electrons. The Morgan fingerprint density at radius 2 is 1.75 bits per heavy atom. The average Bonchev–Trinajstić information content (AvgIpc) is 2.98. The summed E-state index contributed by atoms with van der Waals surface area (Å²) in [4.78, 5) is 13.3. The first-order chi connectivity index (χ1) is 20.7. The van der Waals surface area contributed by atoms with E-state index in [0.29, 0.717) is 23.7 Å². The van der Waals surface area contributed by atoms with Crippen molar-refractivity contribution in [3.8, 4) is 11.5 Å². The van der Waals surface area contributed by atoms with Crippen molar-refractivity contribution in [2.75, 3.05) is 13.0 Å². The number of rotatable bonds is 11. The SMILES string of the molecule is CCC(C)(C)C(C)(C)C(=O)Oc1ccc(Cc2c(C)cc(OCP3OCCC(c4cccc(Cl)c4)O3)cc2C)cc1C(C)C. The second kappa shape index (κ2) is 14.3. The molecule has 44 heavy (non-hydrogen) atoms. The van der Waals surface area contributed by atoms with Crippen LogP contribution < -0.4 is 9.47 Å². The third kappa shape index (κ3) is 8.04. The van der Waals surface area contributed by atoms with Gasteiger partial charge >= 0.3 is 5.97 Å². The molecule has 2 atom stereocenters.